The molecule has 2 heterocycles. The molecule has 2 aromatic heterocycles. The number of alkyl halides is 6. The van der Waals surface area contributed by atoms with E-state index in [2.05, 4.69) is 10.1 Å². The van der Waals surface area contributed by atoms with Gasteiger partial charge in [-0.15, -0.1) is 5.10 Å². The Labute approximate surface area is 151 Å². The number of imidazole rings is 1. The molecule has 0 fully saturated rings. The van der Waals surface area contributed by atoms with Crippen molar-refractivity contribution in [2.45, 2.75) is 12.4 Å². The van der Waals surface area contributed by atoms with Gasteiger partial charge in [0.15, 0.2) is 5.75 Å². The van der Waals surface area contributed by atoms with E-state index in [9.17, 15) is 26.3 Å². The first kappa shape index (κ1) is 24.5. The Morgan fingerprint density at radius 2 is 1.46 bits per heavy atom. The zero-order chi connectivity index (χ0) is 22.3. The van der Waals surface area contributed by atoms with Gasteiger partial charge < -0.3 is 25.4 Å². The fraction of sp³-hybridized carbons (Fsp3) is 0.333. The fourth-order valence-corrected chi connectivity index (χ4v) is 1.21. The maximum Gasteiger partial charge on any atom is 0.490 e. The first-order valence-corrected chi connectivity index (χ1v) is 6.47. The summed E-state index contributed by atoms with van der Waals surface area (Å²) in [7, 11) is 3.07. The molecule has 0 amide bonds. The predicted molar refractivity (Wildman–Crippen MR) is 77.9 cm³/mol. The predicted octanol–water partition coefficient (Wildman–Crippen LogP) is 1.60. The Morgan fingerprint density at radius 1 is 1.04 bits per heavy atom. The second kappa shape index (κ2) is 9.47. The van der Waals surface area contributed by atoms with E-state index >= 15 is 0 Å². The molecule has 0 aliphatic rings. The van der Waals surface area contributed by atoms with E-state index in [1.165, 1.54) is 11.6 Å². The molecule has 2 aromatic rings. The molecule has 0 atom stereocenters. The van der Waals surface area contributed by atoms with Crippen LogP contribution < -0.4 is 15.2 Å². The van der Waals surface area contributed by atoms with Gasteiger partial charge in [-0.3, -0.25) is 0 Å². The summed E-state index contributed by atoms with van der Waals surface area (Å²) in [6.45, 7) is 0. The quantitative estimate of drug-likeness (QED) is 0.613. The number of nitrogens with zero attached hydrogens (tertiary/aromatic N) is 3. The average Bonchev–Trinajstić information content (AvgIpc) is 2.93. The average molecular weight is 422 g/mol. The number of carboxylic acids is 2. The summed E-state index contributed by atoms with van der Waals surface area (Å²) in [5.74, 6) is -4.26. The number of hydrogen-bond donors (Lipinski definition) is 3. The van der Waals surface area contributed by atoms with Gasteiger partial charge in [-0.25, -0.2) is 14.6 Å². The second-order valence-corrected chi connectivity index (χ2v) is 4.28. The van der Waals surface area contributed by atoms with Gasteiger partial charge in [0.05, 0.1) is 25.9 Å². The van der Waals surface area contributed by atoms with Crippen LogP contribution in [-0.2, 0) is 9.59 Å². The molecule has 0 spiro atoms. The van der Waals surface area contributed by atoms with E-state index in [1.54, 1.807) is 19.4 Å². The third-order valence-electron chi connectivity index (χ3n) is 2.37. The van der Waals surface area contributed by atoms with Crippen LogP contribution in [0.4, 0.5) is 32.3 Å². The fourth-order valence-electron chi connectivity index (χ4n) is 1.21. The summed E-state index contributed by atoms with van der Waals surface area (Å²) in [5.41, 5.74) is 6.35. The van der Waals surface area contributed by atoms with Crippen molar-refractivity contribution in [1.29, 1.82) is 0 Å². The first-order valence-electron chi connectivity index (χ1n) is 6.47. The smallest absolute Gasteiger partial charge is 0.490 e. The molecule has 16 heteroatoms. The highest BCUT2D eigenvalue weighted by molar-refractivity contribution is 5.73. The number of carbonyl (C=O) groups is 2. The van der Waals surface area contributed by atoms with Crippen LogP contribution in [0, 0.1) is 0 Å². The lowest BCUT2D eigenvalue weighted by atomic mass is 10.4. The van der Waals surface area contributed by atoms with Crippen molar-refractivity contribution in [3.05, 3.63) is 12.3 Å². The Kier molecular flexibility index (Phi) is 8.30. The highest BCUT2D eigenvalue weighted by Crippen LogP contribution is 2.25. The van der Waals surface area contributed by atoms with E-state index in [-0.39, 0.29) is 0 Å². The summed E-state index contributed by atoms with van der Waals surface area (Å²) >= 11 is 0. The number of methoxy groups -OCH3 is 2. The van der Waals surface area contributed by atoms with E-state index in [4.69, 9.17) is 35.0 Å². The lowest BCUT2D eigenvalue weighted by Gasteiger charge is -2.06. The van der Waals surface area contributed by atoms with Crippen LogP contribution in [0.1, 0.15) is 0 Å². The number of nitrogens with two attached hydrogens (primary N) is 1. The van der Waals surface area contributed by atoms with Gasteiger partial charge in [0, 0.05) is 6.07 Å². The van der Waals surface area contributed by atoms with Crippen molar-refractivity contribution >= 4 is 23.4 Å². The monoisotopic (exact) mass is 422 g/mol. The van der Waals surface area contributed by atoms with Gasteiger partial charge >= 0.3 is 24.3 Å². The minimum atomic E-state index is -5.08. The van der Waals surface area contributed by atoms with Crippen LogP contribution in [-0.4, -0.2) is 63.3 Å². The number of carboxylic acid groups (broad SMARTS) is 2. The molecule has 0 radical (unpaired) electrons. The van der Waals surface area contributed by atoms with Crippen LogP contribution >= 0.6 is 0 Å². The van der Waals surface area contributed by atoms with Crippen LogP contribution in [0.25, 0.3) is 5.52 Å². The number of hydrogen-bond acceptors (Lipinski definition) is 7. The number of ether oxygens (including phenoxy) is 2. The molecule has 0 aliphatic heterocycles. The van der Waals surface area contributed by atoms with E-state index in [0.29, 0.717) is 17.6 Å². The van der Waals surface area contributed by atoms with E-state index in [1.807, 2.05) is 0 Å². The Balaban J connectivity index is 0.000000444. The number of fused-ring (bicyclic) bond motifs is 1. The van der Waals surface area contributed by atoms with Crippen molar-refractivity contribution in [2.24, 2.45) is 0 Å². The standard InChI is InChI=1S/C8H10N4O2.2C2HF3O2/c1-13-6-3-5-4-10-8(9)12(5)11-7(6)14-2;2*3-2(4,5)1(6)7/h3-4H,1-2H3,(H2,9,10);2*(H,6,7). The summed E-state index contributed by atoms with van der Waals surface area (Å²) in [5, 5.41) is 18.4. The molecule has 0 saturated heterocycles. The van der Waals surface area contributed by atoms with Crippen molar-refractivity contribution < 1.29 is 55.6 Å². The molecule has 0 aromatic carbocycles. The van der Waals surface area contributed by atoms with Gasteiger partial charge in [0.2, 0.25) is 5.95 Å². The molecule has 0 aliphatic carbocycles. The summed E-state index contributed by atoms with van der Waals surface area (Å²) in [4.78, 5) is 21.7. The van der Waals surface area contributed by atoms with Gasteiger partial charge in [-0.1, -0.05) is 0 Å². The first-order chi connectivity index (χ1) is 12.6. The third-order valence-corrected chi connectivity index (χ3v) is 2.37. The lowest BCUT2D eigenvalue weighted by Crippen LogP contribution is -2.21. The molecule has 2 rings (SSSR count). The number of anilines is 1. The normalized spacial score (nSPS) is 10.9. The Hall–Kier alpha value is -3.46. The van der Waals surface area contributed by atoms with Gasteiger partial charge in [0.1, 0.15) is 0 Å². The molecule has 158 valence electrons. The summed E-state index contributed by atoms with van der Waals surface area (Å²) in [6.07, 6.45) is -8.55. The van der Waals surface area contributed by atoms with Crippen molar-refractivity contribution in [3.8, 4) is 11.6 Å². The summed E-state index contributed by atoms with van der Waals surface area (Å²) < 4.78 is 75.1. The lowest BCUT2D eigenvalue weighted by molar-refractivity contribution is -0.193. The zero-order valence-electron chi connectivity index (χ0n) is 13.9. The van der Waals surface area contributed by atoms with Gasteiger partial charge in [-0.05, 0) is 0 Å². The maximum atomic E-state index is 10.6. The van der Waals surface area contributed by atoms with E-state index < -0.39 is 24.3 Å². The molecular weight excluding hydrogens is 410 g/mol. The SMILES string of the molecule is COc1cc2cnc(N)n2nc1OC.O=C(O)C(F)(F)F.O=C(O)C(F)(F)F. The number of rotatable bonds is 2. The van der Waals surface area contributed by atoms with Crippen molar-refractivity contribution in [1.82, 2.24) is 14.6 Å². The molecule has 4 N–H and O–H groups in total. The molecule has 28 heavy (non-hydrogen) atoms. The number of aliphatic carboxylic acids is 2. The zero-order valence-corrected chi connectivity index (χ0v) is 13.9. The minimum Gasteiger partial charge on any atom is -0.491 e. The van der Waals surface area contributed by atoms with Gasteiger partial charge in [0.25, 0.3) is 5.88 Å². The van der Waals surface area contributed by atoms with Crippen LogP contribution in [0.2, 0.25) is 0 Å². The summed E-state index contributed by atoms with van der Waals surface area (Å²) in [6, 6.07) is 1.76. The van der Waals surface area contributed by atoms with Crippen LogP contribution in [0.5, 0.6) is 11.6 Å². The number of halogens is 6. The Morgan fingerprint density at radius 3 is 1.79 bits per heavy atom. The number of aromatic nitrogens is 3. The highest BCUT2D eigenvalue weighted by atomic mass is 19.4. The molecule has 0 bridgehead atoms. The topological polar surface area (TPSA) is 149 Å². The van der Waals surface area contributed by atoms with Crippen molar-refractivity contribution in [3.63, 3.8) is 0 Å². The largest absolute Gasteiger partial charge is 0.491 e. The van der Waals surface area contributed by atoms with Gasteiger partial charge in [-0.2, -0.15) is 30.9 Å². The third kappa shape index (κ3) is 7.42. The molecule has 10 nitrogen and oxygen atoms in total. The van der Waals surface area contributed by atoms with E-state index in [0.717, 1.165) is 5.52 Å². The Bertz CT molecular complexity index is 795. The highest BCUT2D eigenvalue weighted by Gasteiger charge is 2.38. The second-order valence-electron chi connectivity index (χ2n) is 4.28. The molecule has 0 unspecified atom stereocenters. The number of nitrogen functional groups attached to an aromatic ring is 1. The molecule has 0 saturated carbocycles. The molecular formula is C12H12F6N4O6. The van der Waals surface area contributed by atoms with Crippen LogP contribution in [0.15, 0.2) is 12.3 Å². The maximum absolute atomic E-state index is 10.6. The van der Waals surface area contributed by atoms with Crippen LogP contribution in [0.3, 0.4) is 0 Å². The van der Waals surface area contributed by atoms with Crippen molar-refractivity contribution in [2.75, 3.05) is 20.0 Å². The minimum absolute atomic E-state index is 0.320.